The van der Waals surface area contributed by atoms with Crippen LogP contribution in [-0.2, 0) is 6.42 Å². The normalized spacial score (nSPS) is 37.1. The molecule has 1 unspecified atom stereocenters. The maximum Gasteiger partial charge on any atom is 0.115 e. The Labute approximate surface area is 188 Å². The van der Waals surface area contributed by atoms with Gasteiger partial charge in [0, 0.05) is 0 Å². The third-order valence-electron chi connectivity index (χ3n) is 9.22. The lowest BCUT2D eigenvalue weighted by molar-refractivity contribution is -0.0812. The molecule has 6 atom stereocenters. The van der Waals surface area contributed by atoms with Gasteiger partial charge in [-0.15, -0.1) is 6.58 Å². The number of benzene rings is 1. The Morgan fingerprint density at radius 1 is 1.19 bits per heavy atom. The zero-order valence-corrected chi connectivity index (χ0v) is 19.7. The summed E-state index contributed by atoms with van der Waals surface area (Å²) >= 11 is 0. The first-order valence-corrected chi connectivity index (χ1v) is 12.5. The van der Waals surface area contributed by atoms with E-state index in [9.17, 15) is 15.3 Å². The second-order valence-corrected chi connectivity index (χ2v) is 11.7. The van der Waals surface area contributed by atoms with Crippen molar-refractivity contribution in [2.75, 3.05) is 0 Å². The molecule has 3 nitrogen and oxygen atoms in total. The van der Waals surface area contributed by atoms with E-state index in [0.717, 1.165) is 64.2 Å². The molecule has 0 aliphatic heterocycles. The monoisotopic (exact) mass is 426 g/mol. The molecule has 0 aromatic heterocycles. The lowest BCUT2D eigenvalue weighted by Crippen LogP contribution is -2.54. The lowest BCUT2D eigenvalue weighted by Gasteiger charge is -2.60. The number of allylic oxidation sites excluding steroid dienone is 1. The number of hydrogen-bond acceptors (Lipinski definition) is 3. The van der Waals surface area contributed by atoms with Crippen LogP contribution in [0.4, 0.5) is 0 Å². The highest BCUT2D eigenvalue weighted by Crippen LogP contribution is 2.69. The minimum atomic E-state index is -0.582. The molecule has 2 saturated carbocycles. The van der Waals surface area contributed by atoms with Crippen molar-refractivity contribution < 1.29 is 15.3 Å². The van der Waals surface area contributed by atoms with Crippen LogP contribution in [0.15, 0.2) is 30.9 Å². The maximum absolute atomic E-state index is 11.0. The van der Waals surface area contributed by atoms with Crippen LogP contribution >= 0.6 is 0 Å². The summed E-state index contributed by atoms with van der Waals surface area (Å²) in [6, 6.07) is 6.00. The van der Waals surface area contributed by atoms with E-state index in [-0.39, 0.29) is 16.9 Å². The molecule has 172 valence electrons. The topological polar surface area (TPSA) is 60.7 Å². The van der Waals surface area contributed by atoms with Gasteiger partial charge in [0.25, 0.3) is 0 Å². The number of aryl methyl sites for hydroxylation is 1. The first-order chi connectivity index (χ1) is 14.6. The zero-order chi connectivity index (χ0) is 22.4. The van der Waals surface area contributed by atoms with Crippen LogP contribution in [0.3, 0.4) is 0 Å². The highest BCUT2D eigenvalue weighted by atomic mass is 16.3. The number of aromatic hydroxyl groups is 1. The van der Waals surface area contributed by atoms with Gasteiger partial charge in [0.15, 0.2) is 0 Å². The molecule has 0 radical (unpaired) electrons. The average molecular weight is 427 g/mol. The molecule has 0 bridgehead atoms. The fourth-order valence-electron chi connectivity index (χ4n) is 7.83. The molecule has 3 N–H and O–H groups in total. The number of phenols is 1. The summed E-state index contributed by atoms with van der Waals surface area (Å²) in [5.74, 6) is 1.78. The SMILES string of the molecule is C=C[C@@]12CCc3cc(O)ccc3[C@H]1C(CCCCCC(C)(C)O)C[C@@]1(C)[C@H]2CC[C@@H]1O. The Bertz CT molecular complexity index is 809. The average Bonchev–Trinajstić information content (AvgIpc) is 3.01. The van der Waals surface area contributed by atoms with Crippen LogP contribution in [0.25, 0.3) is 0 Å². The largest absolute Gasteiger partial charge is 0.508 e. The van der Waals surface area contributed by atoms with Crippen molar-refractivity contribution in [1.29, 1.82) is 0 Å². The van der Waals surface area contributed by atoms with E-state index in [0.29, 0.717) is 23.5 Å². The fraction of sp³-hybridized carbons (Fsp3) is 0.714. The van der Waals surface area contributed by atoms with Gasteiger partial charge in [0.2, 0.25) is 0 Å². The third kappa shape index (κ3) is 3.97. The van der Waals surface area contributed by atoms with E-state index in [2.05, 4.69) is 25.6 Å². The van der Waals surface area contributed by atoms with E-state index >= 15 is 0 Å². The maximum atomic E-state index is 11.0. The van der Waals surface area contributed by atoms with Crippen LogP contribution in [0, 0.1) is 22.7 Å². The van der Waals surface area contributed by atoms with E-state index in [1.54, 1.807) is 0 Å². The molecule has 3 aliphatic carbocycles. The van der Waals surface area contributed by atoms with Gasteiger partial charge in [0.1, 0.15) is 5.75 Å². The van der Waals surface area contributed by atoms with Gasteiger partial charge in [-0.1, -0.05) is 38.3 Å². The van der Waals surface area contributed by atoms with Gasteiger partial charge in [-0.2, -0.15) is 0 Å². The molecule has 3 heteroatoms. The van der Waals surface area contributed by atoms with Crippen LogP contribution < -0.4 is 0 Å². The fourth-order valence-corrected chi connectivity index (χ4v) is 7.83. The molecule has 4 rings (SSSR count). The van der Waals surface area contributed by atoms with Gasteiger partial charge < -0.3 is 15.3 Å². The number of rotatable bonds is 7. The van der Waals surface area contributed by atoms with Gasteiger partial charge in [0.05, 0.1) is 11.7 Å². The number of fused-ring (bicyclic) bond motifs is 5. The van der Waals surface area contributed by atoms with E-state index in [4.69, 9.17) is 0 Å². The quantitative estimate of drug-likeness (QED) is 0.364. The summed E-state index contributed by atoms with van der Waals surface area (Å²) < 4.78 is 0. The first-order valence-electron chi connectivity index (χ1n) is 12.5. The molecule has 2 fully saturated rings. The first kappa shape index (κ1) is 22.9. The highest BCUT2D eigenvalue weighted by molar-refractivity contribution is 5.43. The number of aliphatic hydroxyl groups is 2. The van der Waals surface area contributed by atoms with Crippen molar-refractivity contribution in [1.82, 2.24) is 0 Å². The molecule has 1 aromatic rings. The Hall–Kier alpha value is -1.32. The standard InChI is InChI=1S/C28H42O3/c1-5-28-16-14-19-17-21(29)10-11-22(19)25(28)20(9-7-6-8-15-26(2,3)31)18-27(4)23(28)12-13-24(27)30/h5,10-11,17,20,23-25,29-31H,1,6-9,12-16,18H2,2-4H3/t20?,23-,24+,25-,27+,28+/m1/s1. The molecule has 0 amide bonds. The molecule has 0 heterocycles. The Kier molecular flexibility index (Phi) is 6.07. The van der Waals surface area contributed by atoms with Crippen molar-refractivity contribution in [3.05, 3.63) is 42.0 Å². The van der Waals surface area contributed by atoms with Crippen LogP contribution in [-0.4, -0.2) is 27.0 Å². The lowest BCUT2D eigenvalue weighted by atomic mass is 9.44. The number of unbranched alkanes of at least 4 members (excludes halogenated alkanes) is 2. The summed E-state index contributed by atoms with van der Waals surface area (Å²) in [6.45, 7) is 10.5. The van der Waals surface area contributed by atoms with Crippen LogP contribution in [0.2, 0.25) is 0 Å². The molecule has 0 saturated heterocycles. The second-order valence-electron chi connectivity index (χ2n) is 11.7. The van der Waals surface area contributed by atoms with Crippen LogP contribution in [0.1, 0.15) is 95.6 Å². The van der Waals surface area contributed by atoms with E-state index in [1.807, 2.05) is 26.0 Å². The van der Waals surface area contributed by atoms with Crippen LogP contribution in [0.5, 0.6) is 5.75 Å². The molecule has 1 aromatic carbocycles. The van der Waals surface area contributed by atoms with Gasteiger partial charge in [-0.25, -0.2) is 0 Å². The van der Waals surface area contributed by atoms with Crippen molar-refractivity contribution >= 4 is 0 Å². The number of aliphatic hydroxyl groups excluding tert-OH is 1. The van der Waals surface area contributed by atoms with Gasteiger partial charge in [-0.05, 0) is 111 Å². The summed E-state index contributed by atoms with van der Waals surface area (Å²) in [4.78, 5) is 0. The Balaban J connectivity index is 1.64. The Morgan fingerprint density at radius 3 is 2.68 bits per heavy atom. The molecule has 3 aliphatic rings. The summed E-state index contributed by atoms with van der Waals surface area (Å²) in [6.07, 6.45) is 12.5. The molecule has 0 spiro atoms. The van der Waals surface area contributed by atoms with Gasteiger partial charge >= 0.3 is 0 Å². The number of hydrogen-bond donors (Lipinski definition) is 3. The highest BCUT2D eigenvalue weighted by Gasteiger charge is 2.63. The van der Waals surface area contributed by atoms with E-state index in [1.165, 1.54) is 11.1 Å². The molecular weight excluding hydrogens is 384 g/mol. The molecular formula is C28H42O3. The smallest absolute Gasteiger partial charge is 0.115 e. The van der Waals surface area contributed by atoms with Crippen molar-refractivity contribution in [3.63, 3.8) is 0 Å². The predicted octanol–water partition coefficient (Wildman–Crippen LogP) is 6.11. The second kappa shape index (κ2) is 8.23. The summed E-state index contributed by atoms with van der Waals surface area (Å²) in [5, 5.41) is 31.2. The van der Waals surface area contributed by atoms with Crippen molar-refractivity contribution in [2.24, 2.45) is 22.7 Å². The minimum Gasteiger partial charge on any atom is -0.508 e. The molecule has 31 heavy (non-hydrogen) atoms. The predicted molar refractivity (Wildman–Crippen MR) is 126 cm³/mol. The summed E-state index contributed by atoms with van der Waals surface area (Å²) in [5.41, 5.74) is 2.13. The van der Waals surface area contributed by atoms with E-state index < -0.39 is 5.60 Å². The van der Waals surface area contributed by atoms with Gasteiger partial charge in [-0.3, -0.25) is 0 Å². The zero-order valence-electron chi connectivity index (χ0n) is 19.7. The number of phenolic OH excluding ortho intramolecular Hbond substituents is 1. The van der Waals surface area contributed by atoms with Crippen molar-refractivity contribution in [2.45, 2.75) is 103 Å². The Morgan fingerprint density at radius 2 is 1.97 bits per heavy atom. The van der Waals surface area contributed by atoms with Crippen molar-refractivity contribution in [3.8, 4) is 5.75 Å². The summed E-state index contributed by atoms with van der Waals surface area (Å²) in [7, 11) is 0. The minimum absolute atomic E-state index is 0.0309. The third-order valence-corrected chi connectivity index (χ3v) is 9.22.